The Labute approximate surface area is 138 Å². The van der Waals surface area contributed by atoms with E-state index in [1.807, 2.05) is 0 Å². The molecule has 6 heteroatoms. The number of rotatable bonds is 5. The van der Waals surface area contributed by atoms with Crippen LogP contribution in [0, 0.1) is 5.82 Å². The van der Waals surface area contributed by atoms with E-state index in [9.17, 15) is 9.18 Å². The molecule has 3 aromatic rings. The van der Waals surface area contributed by atoms with Gasteiger partial charge in [0, 0.05) is 20.2 Å². The van der Waals surface area contributed by atoms with Gasteiger partial charge in [-0.25, -0.2) is 9.37 Å². The van der Waals surface area contributed by atoms with Gasteiger partial charge in [-0.1, -0.05) is 12.1 Å². The number of hydrogen-bond acceptors (Lipinski definition) is 4. The van der Waals surface area contributed by atoms with Gasteiger partial charge in [-0.3, -0.25) is 9.36 Å². The lowest BCUT2D eigenvalue weighted by Crippen LogP contribution is -2.20. The van der Waals surface area contributed by atoms with E-state index in [0.29, 0.717) is 29.9 Å². The molecule has 2 aromatic carbocycles. The lowest BCUT2D eigenvalue weighted by molar-refractivity contribution is 0.146. The average molecular weight is 328 g/mol. The number of methoxy groups -OCH3 is 1. The monoisotopic (exact) mass is 328 g/mol. The number of nitrogens with zero attached hydrogens (tertiary/aromatic N) is 2. The Morgan fingerprint density at radius 3 is 2.71 bits per heavy atom. The fraction of sp³-hybridized carbons (Fsp3) is 0.222. The fourth-order valence-corrected chi connectivity index (χ4v) is 2.47. The molecule has 1 aromatic heterocycles. The number of hydrogen-bond donors (Lipinski definition) is 0. The molecule has 0 N–H and O–H groups in total. The summed E-state index contributed by atoms with van der Waals surface area (Å²) in [5.74, 6) is 0.182. The topological polar surface area (TPSA) is 53.4 Å². The molecule has 0 bridgehead atoms. The zero-order chi connectivity index (χ0) is 17.1. The lowest BCUT2D eigenvalue weighted by atomic mass is 10.1. The molecule has 24 heavy (non-hydrogen) atoms. The van der Waals surface area contributed by atoms with Crippen LogP contribution in [0.3, 0.4) is 0 Å². The van der Waals surface area contributed by atoms with Crippen LogP contribution in [0.4, 0.5) is 4.39 Å². The van der Waals surface area contributed by atoms with Crippen molar-refractivity contribution in [2.75, 3.05) is 20.3 Å². The number of para-hydroxylation sites is 1. The number of halogens is 1. The summed E-state index contributed by atoms with van der Waals surface area (Å²) in [5, 5.41) is 0.503. The van der Waals surface area contributed by atoms with E-state index in [-0.39, 0.29) is 16.9 Å². The van der Waals surface area contributed by atoms with E-state index in [1.54, 1.807) is 50.6 Å². The molecule has 3 rings (SSSR count). The molecule has 0 saturated carbocycles. The van der Waals surface area contributed by atoms with Crippen molar-refractivity contribution in [2.24, 2.45) is 7.05 Å². The van der Waals surface area contributed by atoms with Gasteiger partial charge in [-0.2, -0.15) is 0 Å². The predicted molar refractivity (Wildman–Crippen MR) is 89.7 cm³/mol. The second-order valence-corrected chi connectivity index (χ2v) is 5.30. The second kappa shape index (κ2) is 6.80. The first-order valence-electron chi connectivity index (χ1n) is 7.49. The number of aromatic nitrogens is 2. The van der Waals surface area contributed by atoms with Crippen LogP contribution >= 0.6 is 0 Å². The molecule has 0 aliphatic carbocycles. The highest BCUT2D eigenvalue weighted by Gasteiger charge is 2.14. The van der Waals surface area contributed by atoms with E-state index in [1.165, 1.54) is 10.6 Å². The summed E-state index contributed by atoms with van der Waals surface area (Å²) in [7, 11) is 3.15. The first-order valence-corrected chi connectivity index (χ1v) is 7.49. The van der Waals surface area contributed by atoms with Gasteiger partial charge >= 0.3 is 0 Å². The Bertz CT molecular complexity index is 937. The van der Waals surface area contributed by atoms with Gasteiger partial charge in [0.1, 0.15) is 24.0 Å². The van der Waals surface area contributed by atoms with Gasteiger partial charge in [0.05, 0.1) is 23.1 Å². The highest BCUT2D eigenvalue weighted by molar-refractivity contribution is 5.79. The SMILES string of the molecule is COCCOc1ccc(-c2nc3ccccc3c(=O)n2C)c(F)c1. The average Bonchev–Trinajstić information content (AvgIpc) is 2.59. The first kappa shape index (κ1) is 16.1. The Morgan fingerprint density at radius 1 is 1.17 bits per heavy atom. The predicted octanol–water partition coefficient (Wildman–Crippen LogP) is 2.76. The van der Waals surface area contributed by atoms with Crippen molar-refractivity contribution < 1.29 is 13.9 Å². The molecule has 0 atom stereocenters. The molecule has 0 unspecified atom stereocenters. The lowest BCUT2D eigenvalue weighted by Gasteiger charge is -2.11. The normalized spacial score (nSPS) is 11.0. The van der Waals surface area contributed by atoms with Crippen LogP contribution in [0.2, 0.25) is 0 Å². The quantitative estimate of drug-likeness (QED) is 0.676. The Morgan fingerprint density at radius 2 is 1.96 bits per heavy atom. The zero-order valence-electron chi connectivity index (χ0n) is 13.5. The molecule has 0 aliphatic rings. The van der Waals surface area contributed by atoms with Gasteiger partial charge in [0.15, 0.2) is 0 Å². The Balaban J connectivity index is 2.04. The highest BCUT2D eigenvalue weighted by atomic mass is 19.1. The minimum atomic E-state index is -0.498. The molecular weight excluding hydrogens is 311 g/mol. The Kier molecular flexibility index (Phi) is 4.57. The molecule has 0 radical (unpaired) electrons. The standard InChI is InChI=1S/C18H17FN2O3/c1-21-17(20-16-6-4-3-5-14(16)18(21)22)13-8-7-12(11-15(13)19)24-10-9-23-2/h3-8,11H,9-10H2,1-2H3. The summed E-state index contributed by atoms with van der Waals surface area (Å²) in [6, 6.07) is 11.5. The van der Waals surface area contributed by atoms with Crippen molar-refractivity contribution in [2.45, 2.75) is 0 Å². The smallest absolute Gasteiger partial charge is 0.261 e. The largest absolute Gasteiger partial charge is 0.491 e. The van der Waals surface area contributed by atoms with Crippen LogP contribution in [0.15, 0.2) is 47.3 Å². The number of fused-ring (bicyclic) bond motifs is 1. The van der Waals surface area contributed by atoms with E-state index >= 15 is 0 Å². The van der Waals surface area contributed by atoms with E-state index in [2.05, 4.69) is 4.98 Å². The summed E-state index contributed by atoms with van der Waals surface area (Å²) in [6.07, 6.45) is 0. The third kappa shape index (κ3) is 3.00. The minimum Gasteiger partial charge on any atom is -0.491 e. The molecule has 5 nitrogen and oxygen atoms in total. The van der Waals surface area contributed by atoms with E-state index in [0.717, 1.165) is 0 Å². The molecule has 0 spiro atoms. The van der Waals surface area contributed by atoms with E-state index in [4.69, 9.17) is 9.47 Å². The van der Waals surface area contributed by atoms with Crippen molar-refractivity contribution >= 4 is 10.9 Å². The van der Waals surface area contributed by atoms with E-state index < -0.39 is 5.82 Å². The summed E-state index contributed by atoms with van der Waals surface area (Å²) in [4.78, 5) is 16.9. The molecule has 124 valence electrons. The summed E-state index contributed by atoms with van der Waals surface area (Å²) in [5.41, 5.74) is 0.574. The fourth-order valence-electron chi connectivity index (χ4n) is 2.47. The molecule has 1 heterocycles. The summed E-state index contributed by atoms with van der Waals surface area (Å²) in [6.45, 7) is 0.756. The maximum Gasteiger partial charge on any atom is 0.261 e. The van der Waals surface area contributed by atoms with Crippen LogP contribution < -0.4 is 10.3 Å². The van der Waals surface area contributed by atoms with Crippen molar-refractivity contribution in [3.05, 3.63) is 58.6 Å². The molecule has 0 amide bonds. The number of benzene rings is 2. The number of ether oxygens (including phenoxy) is 2. The third-order valence-corrected chi connectivity index (χ3v) is 3.72. The second-order valence-electron chi connectivity index (χ2n) is 5.30. The van der Waals surface area contributed by atoms with Crippen molar-refractivity contribution in [1.29, 1.82) is 0 Å². The summed E-state index contributed by atoms with van der Waals surface area (Å²) < 4.78 is 26.1. The highest BCUT2D eigenvalue weighted by Crippen LogP contribution is 2.25. The van der Waals surface area contributed by atoms with Gasteiger partial charge < -0.3 is 9.47 Å². The molecular formula is C18H17FN2O3. The van der Waals surface area contributed by atoms with Gasteiger partial charge in [-0.15, -0.1) is 0 Å². The molecule has 0 aliphatic heterocycles. The van der Waals surface area contributed by atoms with Crippen LogP contribution in [0.25, 0.3) is 22.3 Å². The van der Waals surface area contributed by atoms with Crippen LogP contribution in [-0.2, 0) is 11.8 Å². The summed E-state index contributed by atoms with van der Waals surface area (Å²) >= 11 is 0. The third-order valence-electron chi connectivity index (χ3n) is 3.72. The Hall–Kier alpha value is -2.73. The van der Waals surface area contributed by atoms with Crippen molar-refractivity contribution in [1.82, 2.24) is 9.55 Å². The maximum absolute atomic E-state index is 14.5. The van der Waals surface area contributed by atoms with Crippen LogP contribution in [0.5, 0.6) is 5.75 Å². The first-order chi connectivity index (χ1) is 11.6. The van der Waals surface area contributed by atoms with Crippen molar-refractivity contribution in [3.63, 3.8) is 0 Å². The van der Waals surface area contributed by atoms with Gasteiger partial charge in [-0.05, 0) is 24.3 Å². The van der Waals surface area contributed by atoms with Crippen LogP contribution in [-0.4, -0.2) is 29.9 Å². The zero-order valence-corrected chi connectivity index (χ0v) is 13.5. The molecule has 0 fully saturated rings. The minimum absolute atomic E-state index is 0.213. The van der Waals surface area contributed by atoms with Crippen LogP contribution in [0.1, 0.15) is 0 Å². The van der Waals surface area contributed by atoms with Gasteiger partial charge in [0.2, 0.25) is 0 Å². The maximum atomic E-state index is 14.5. The van der Waals surface area contributed by atoms with Crippen molar-refractivity contribution in [3.8, 4) is 17.1 Å². The van der Waals surface area contributed by atoms with Gasteiger partial charge in [0.25, 0.3) is 5.56 Å². The molecule has 0 saturated heterocycles.